The molecular formula is C18H22ClN3OS. The van der Waals surface area contributed by atoms with Gasteiger partial charge in [-0.25, -0.2) is 0 Å². The summed E-state index contributed by atoms with van der Waals surface area (Å²) in [7, 11) is 0. The zero-order valence-corrected chi connectivity index (χ0v) is 15.1. The summed E-state index contributed by atoms with van der Waals surface area (Å²) in [4.78, 5) is 2.47. The molecule has 0 bridgehead atoms. The fourth-order valence-electron chi connectivity index (χ4n) is 3.02. The van der Waals surface area contributed by atoms with Crippen LogP contribution in [-0.4, -0.2) is 29.6 Å². The number of hydrogen-bond donors (Lipinski definition) is 2. The van der Waals surface area contributed by atoms with Crippen LogP contribution < -0.4 is 10.6 Å². The summed E-state index contributed by atoms with van der Waals surface area (Å²) in [6.07, 6.45) is 5.53. The lowest BCUT2D eigenvalue weighted by molar-refractivity contribution is 0.146. The van der Waals surface area contributed by atoms with Crippen molar-refractivity contribution in [1.82, 2.24) is 10.2 Å². The Morgan fingerprint density at radius 1 is 1.17 bits per heavy atom. The number of thiocarbonyl (C=S) groups is 1. The van der Waals surface area contributed by atoms with E-state index in [1.165, 1.54) is 19.3 Å². The van der Waals surface area contributed by atoms with Gasteiger partial charge in [-0.2, -0.15) is 0 Å². The fraction of sp³-hybridized carbons (Fsp3) is 0.389. The molecule has 1 atom stereocenters. The van der Waals surface area contributed by atoms with Crippen molar-refractivity contribution < 1.29 is 4.42 Å². The van der Waals surface area contributed by atoms with Crippen LogP contribution in [0.4, 0.5) is 5.69 Å². The molecule has 1 unspecified atom stereocenters. The number of hydrogen-bond acceptors (Lipinski definition) is 3. The van der Waals surface area contributed by atoms with Crippen molar-refractivity contribution in [3.63, 3.8) is 0 Å². The van der Waals surface area contributed by atoms with Gasteiger partial charge in [0.25, 0.3) is 0 Å². The zero-order valence-electron chi connectivity index (χ0n) is 13.5. The van der Waals surface area contributed by atoms with E-state index in [0.717, 1.165) is 24.5 Å². The van der Waals surface area contributed by atoms with Crippen molar-refractivity contribution in [3.8, 4) is 0 Å². The minimum absolute atomic E-state index is 0.199. The molecule has 1 aliphatic heterocycles. The molecule has 1 saturated heterocycles. The van der Waals surface area contributed by atoms with Gasteiger partial charge in [0.05, 0.1) is 12.3 Å². The highest BCUT2D eigenvalue weighted by Gasteiger charge is 2.24. The molecule has 0 spiro atoms. The molecule has 0 aliphatic carbocycles. The van der Waals surface area contributed by atoms with Crippen LogP contribution in [0.15, 0.2) is 47.1 Å². The molecule has 0 saturated carbocycles. The Labute approximate surface area is 153 Å². The number of halogens is 1. The van der Waals surface area contributed by atoms with Crippen LogP contribution in [0, 0.1) is 0 Å². The van der Waals surface area contributed by atoms with Gasteiger partial charge in [-0.3, -0.25) is 4.90 Å². The number of furan rings is 1. The molecule has 1 aromatic heterocycles. The quantitative estimate of drug-likeness (QED) is 0.768. The van der Waals surface area contributed by atoms with E-state index in [1.54, 1.807) is 6.26 Å². The van der Waals surface area contributed by atoms with Crippen molar-refractivity contribution in [2.24, 2.45) is 0 Å². The Morgan fingerprint density at radius 3 is 2.58 bits per heavy atom. The smallest absolute Gasteiger partial charge is 0.170 e. The largest absolute Gasteiger partial charge is 0.468 e. The van der Waals surface area contributed by atoms with Crippen LogP contribution in [0.1, 0.15) is 31.1 Å². The first-order valence-electron chi connectivity index (χ1n) is 8.30. The molecule has 1 aliphatic rings. The highest BCUT2D eigenvalue weighted by Crippen LogP contribution is 2.24. The maximum absolute atomic E-state index is 5.90. The normalized spacial score (nSPS) is 16.5. The van der Waals surface area contributed by atoms with E-state index in [9.17, 15) is 0 Å². The van der Waals surface area contributed by atoms with Gasteiger partial charge in [-0.1, -0.05) is 18.0 Å². The van der Waals surface area contributed by atoms with E-state index in [-0.39, 0.29) is 6.04 Å². The molecule has 2 N–H and O–H groups in total. The van der Waals surface area contributed by atoms with Gasteiger partial charge in [-0.15, -0.1) is 0 Å². The molecule has 128 valence electrons. The summed E-state index contributed by atoms with van der Waals surface area (Å²) in [6, 6.07) is 11.7. The average Bonchev–Trinajstić information content (AvgIpc) is 3.12. The van der Waals surface area contributed by atoms with Crippen LogP contribution in [-0.2, 0) is 0 Å². The summed E-state index contributed by atoms with van der Waals surface area (Å²) in [5.74, 6) is 0.985. The third-order valence-electron chi connectivity index (χ3n) is 4.26. The third-order valence-corrected chi connectivity index (χ3v) is 4.76. The number of rotatable bonds is 5. The molecule has 2 heterocycles. The van der Waals surface area contributed by atoms with E-state index in [0.29, 0.717) is 16.7 Å². The first-order chi connectivity index (χ1) is 11.7. The van der Waals surface area contributed by atoms with Crippen LogP contribution in [0.3, 0.4) is 0 Å². The molecule has 0 amide bonds. The number of benzene rings is 1. The summed E-state index contributed by atoms with van der Waals surface area (Å²) < 4.78 is 5.65. The lowest BCUT2D eigenvalue weighted by Crippen LogP contribution is -2.41. The molecule has 24 heavy (non-hydrogen) atoms. The number of anilines is 1. The Kier molecular flexibility index (Phi) is 6.12. The van der Waals surface area contributed by atoms with Gasteiger partial charge in [0.15, 0.2) is 5.11 Å². The molecular weight excluding hydrogens is 342 g/mol. The highest BCUT2D eigenvalue weighted by molar-refractivity contribution is 7.80. The summed E-state index contributed by atoms with van der Waals surface area (Å²) >= 11 is 11.3. The molecule has 1 fully saturated rings. The van der Waals surface area contributed by atoms with Gasteiger partial charge < -0.3 is 15.1 Å². The molecule has 3 rings (SSSR count). The summed E-state index contributed by atoms with van der Waals surface area (Å²) in [6.45, 7) is 2.92. The molecule has 1 aromatic carbocycles. The molecule has 2 aromatic rings. The van der Waals surface area contributed by atoms with Crippen molar-refractivity contribution in [2.75, 3.05) is 25.0 Å². The predicted molar refractivity (Wildman–Crippen MR) is 103 cm³/mol. The van der Waals surface area contributed by atoms with E-state index in [4.69, 9.17) is 28.2 Å². The monoisotopic (exact) mass is 363 g/mol. The topological polar surface area (TPSA) is 40.4 Å². The van der Waals surface area contributed by atoms with E-state index < -0.39 is 0 Å². The Morgan fingerprint density at radius 2 is 1.92 bits per heavy atom. The standard InChI is InChI=1S/C18H22ClN3OS/c19-14-6-8-15(9-7-14)21-18(24)20-13-16(17-5-4-12-23-17)22-10-2-1-3-11-22/h4-9,12,16H,1-3,10-11,13H2,(H2,20,21,24). The number of likely N-dealkylation sites (tertiary alicyclic amines) is 1. The number of nitrogens with zero attached hydrogens (tertiary/aromatic N) is 1. The van der Waals surface area contributed by atoms with Gasteiger partial charge in [0.2, 0.25) is 0 Å². The second-order valence-electron chi connectivity index (χ2n) is 5.97. The van der Waals surface area contributed by atoms with Crippen molar-refractivity contribution in [2.45, 2.75) is 25.3 Å². The lowest BCUT2D eigenvalue weighted by Gasteiger charge is -2.33. The van der Waals surface area contributed by atoms with Crippen molar-refractivity contribution in [1.29, 1.82) is 0 Å². The molecule has 4 nitrogen and oxygen atoms in total. The summed E-state index contributed by atoms with van der Waals surface area (Å²) in [5.41, 5.74) is 0.921. The fourth-order valence-corrected chi connectivity index (χ4v) is 3.35. The molecule has 0 radical (unpaired) electrons. The average molecular weight is 364 g/mol. The highest BCUT2D eigenvalue weighted by atomic mass is 35.5. The molecule has 6 heteroatoms. The van der Waals surface area contributed by atoms with E-state index in [2.05, 4.69) is 15.5 Å². The first kappa shape index (κ1) is 17.3. The third kappa shape index (κ3) is 4.72. The maximum atomic E-state index is 5.90. The minimum atomic E-state index is 0.199. The second-order valence-corrected chi connectivity index (χ2v) is 6.81. The number of piperidine rings is 1. The van der Waals surface area contributed by atoms with Crippen molar-refractivity contribution in [3.05, 3.63) is 53.4 Å². The first-order valence-corrected chi connectivity index (χ1v) is 9.09. The van der Waals surface area contributed by atoms with E-state index >= 15 is 0 Å². The Bertz CT molecular complexity index is 639. The zero-order chi connectivity index (χ0) is 16.8. The van der Waals surface area contributed by atoms with Crippen LogP contribution in [0.2, 0.25) is 5.02 Å². The van der Waals surface area contributed by atoms with Gasteiger partial charge >= 0.3 is 0 Å². The Hall–Kier alpha value is -1.56. The van der Waals surface area contributed by atoms with Crippen molar-refractivity contribution >= 4 is 34.6 Å². The number of nitrogens with one attached hydrogen (secondary N) is 2. The summed E-state index contributed by atoms with van der Waals surface area (Å²) in [5, 5.41) is 7.82. The minimum Gasteiger partial charge on any atom is -0.468 e. The van der Waals surface area contributed by atoms with E-state index in [1.807, 2.05) is 36.4 Å². The lowest BCUT2D eigenvalue weighted by atomic mass is 10.1. The van der Waals surface area contributed by atoms with Gasteiger partial charge in [0, 0.05) is 17.3 Å². The van der Waals surface area contributed by atoms with Gasteiger partial charge in [-0.05, 0) is 74.5 Å². The van der Waals surface area contributed by atoms with Gasteiger partial charge in [0.1, 0.15) is 5.76 Å². The van der Waals surface area contributed by atoms with Crippen LogP contribution in [0.5, 0.6) is 0 Å². The Balaban J connectivity index is 1.58. The second kappa shape index (κ2) is 8.51. The predicted octanol–water partition coefficient (Wildman–Crippen LogP) is 4.45. The van der Waals surface area contributed by atoms with Crippen LogP contribution >= 0.6 is 23.8 Å². The van der Waals surface area contributed by atoms with Crippen LogP contribution in [0.25, 0.3) is 0 Å². The SMILES string of the molecule is S=C(NCC(c1ccco1)N1CCCCC1)Nc1ccc(Cl)cc1. The maximum Gasteiger partial charge on any atom is 0.170 e.